The first-order chi connectivity index (χ1) is 10.5. The summed E-state index contributed by atoms with van der Waals surface area (Å²) in [7, 11) is 0. The first-order valence-corrected chi connectivity index (χ1v) is 6.97. The molecule has 0 atom stereocenters. The van der Waals surface area contributed by atoms with Gasteiger partial charge in [-0.25, -0.2) is 0 Å². The van der Waals surface area contributed by atoms with E-state index in [1.807, 2.05) is 30.3 Å². The molecule has 0 unspecified atom stereocenters. The third kappa shape index (κ3) is 2.51. The quantitative estimate of drug-likeness (QED) is 0.553. The standard InChI is InChI=1S/C19H14O3/c1-19(2)18(21)17(20)15-11-10-14(12-16(15)22-19)9-8-13-6-4-3-5-7-13/h3-7,10-12H,1-2H3. The van der Waals surface area contributed by atoms with Gasteiger partial charge in [-0.05, 0) is 44.2 Å². The van der Waals surface area contributed by atoms with Gasteiger partial charge in [0.2, 0.25) is 11.6 Å². The number of Topliss-reactive ketones (excluding diaryl/α,β-unsaturated/α-hetero) is 2. The lowest BCUT2D eigenvalue weighted by atomic mass is 9.91. The monoisotopic (exact) mass is 290 g/mol. The van der Waals surface area contributed by atoms with Crippen LogP contribution in [0.5, 0.6) is 5.75 Å². The Morgan fingerprint density at radius 1 is 0.909 bits per heavy atom. The maximum Gasteiger partial charge on any atom is 0.246 e. The van der Waals surface area contributed by atoms with E-state index in [2.05, 4.69) is 11.8 Å². The van der Waals surface area contributed by atoms with Crippen LogP contribution in [0, 0.1) is 11.8 Å². The highest BCUT2D eigenvalue weighted by molar-refractivity contribution is 6.47. The molecule has 0 saturated carbocycles. The summed E-state index contributed by atoms with van der Waals surface area (Å²) in [5, 5.41) is 0. The molecule has 1 heterocycles. The largest absolute Gasteiger partial charge is 0.479 e. The normalized spacial score (nSPS) is 15.4. The predicted molar refractivity (Wildman–Crippen MR) is 82.9 cm³/mol. The molecule has 0 N–H and O–H groups in total. The number of rotatable bonds is 0. The molecule has 2 aromatic carbocycles. The van der Waals surface area contributed by atoms with Crippen molar-refractivity contribution in [2.24, 2.45) is 0 Å². The minimum atomic E-state index is -1.13. The topological polar surface area (TPSA) is 43.4 Å². The van der Waals surface area contributed by atoms with Gasteiger partial charge in [0.1, 0.15) is 5.75 Å². The molecule has 0 saturated heterocycles. The zero-order valence-electron chi connectivity index (χ0n) is 12.3. The fourth-order valence-corrected chi connectivity index (χ4v) is 2.25. The number of carbonyl (C=O) groups is 2. The Balaban J connectivity index is 1.97. The van der Waals surface area contributed by atoms with E-state index in [-0.39, 0.29) is 0 Å². The molecule has 0 spiro atoms. The Hall–Kier alpha value is -2.86. The van der Waals surface area contributed by atoms with Crippen LogP contribution in [0.3, 0.4) is 0 Å². The minimum absolute atomic E-state index is 0.301. The number of ketones is 2. The molecule has 3 nitrogen and oxygen atoms in total. The highest BCUT2D eigenvalue weighted by Crippen LogP contribution is 2.31. The molecule has 2 aromatic rings. The summed E-state index contributed by atoms with van der Waals surface area (Å²) in [5.74, 6) is 5.47. The van der Waals surface area contributed by atoms with Crippen molar-refractivity contribution in [2.75, 3.05) is 0 Å². The number of ether oxygens (including phenoxy) is 1. The van der Waals surface area contributed by atoms with Crippen molar-refractivity contribution in [2.45, 2.75) is 19.4 Å². The van der Waals surface area contributed by atoms with Gasteiger partial charge in [0.15, 0.2) is 5.60 Å². The number of hydrogen-bond acceptors (Lipinski definition) is 3. The molecule has 0 bridgehead atoms. The van der Waals surface area contributed by atoms with Gasteiger partial charge < -0.3 is 4.74 Å². The molecule has 0 aromatic heterocycles. The molecule has 1 aliphatic heterocycles. The summed E-state index contributed by atoms with van der Waals surface area (Å²) in [5.41, 5.74) is 0.818. The molecule has 3 rings (SSSR count). The molecule has 0 fully saturated rings. The van der Waals surface area contributed by atoms with Gasteiger partial charge in [-0.15, -0.1) is 0 Å². The number of hydrogen-bond donors (Lipinski definition) is 0. The van der Waals surface area contributed by atoms with Crippen LogP contribution < -0.4 is 4.74 Å². The molecule has 0 amide bonds. The molecular weight excluding hydrogens is 276 g/mol. The average Bonchev–Trinajstić information content (AvgIpc) is 2.51. The molecule has 3 heteroatoms. The van der Waals surface area contributed by atoms with Crippen LogP contribution >= 0.6 is 0 Å². The second-order valence-corrected chi connectivity index (χ2v) is 5.60. The van der Waals surface area contributed by atoms with E-state index < -0.39 is 17.2 Å². The van der Waals surface area contributed by atoms with Crippen molar-refractivity contribution in [3.05, 3.63) is 65.2 Å². The van der Waals surface area contributed by atoms with Crippen molar-refractivity contribution < 1.29 is 14.3 Å². The molecule has 22 heavy (non-hydrogen) atoms. The van der Waals surface area contributed by atoms with Crippen LogP contribution in [-0.2, 0) is 4.79 Å². The summed E-state index contributed by atoms with van der Waals surface area (Å²) < 4.78 is 5.66. The second kappa shape index (κ2) is 5.16. The molecule has 0 radical (unpaired) electrons. The van der Waals surface area contributed by atoms with Crippen LogP contribution in [0.15, 0.2) is 48.5 Å². The number of fused-ring (bicyclic) bond motifs is 1. The van der Waals surface area contributed by atoms with Gasteiger partial charge in [0, 0.05) is 11.1 Å². The van der Waals surface area contributed by atoms with Crippen molar-refractivity contribution in [1.82, 2.24) is 0 Å². The van der Waals surface area contributed by atoms with Crippen molar-refractivity contribution in [3.63, 3.8) is 0 Å². The van der Waals surface area contributed by atoms with Crippen LogP contribution in [0.2, 0.25) is 0 Å². The highest BCUT2D eigenvalue weighted by Gasteiger charge is 2.41. The zero-order chi connectivity index (χ0) is 15.7. The first kappa shape index (κ1) is 14.1. The van der Waals surface area contributed by atoms with E-state index in [1.165, 1.54) is 0 Å². The van der Waals surface area contributed by atoms with E-state index in [0.29, 0.717) is 11.3 Å². The van der Waals surface area contributed by atoms with E-state index in [9.17, 15) is 9.59 Å². The number of carbonyl (C=O) groups excluding carboxylic acids is 2. The van der Waals surface area contributed by atoms with Gasteiger partial charge in [0.25, 0.3) is 0 Å². The van der Waals surface area contributed by atoms with E-state index in [4.69, 9.17) is 4.74 Å². The molecule has 108 valence electrons. The predicted octanol–water partition coefficient (Wildman–Crippen LogP) is 3.01. The first-order valence-electron chi connectivity index (χ1n) is 6.97. The lowest BCUT2D eigenvalue weighted by molar-refractivity contribution is -0.128. The van der Waals surface area contributed by atoms with Crippen LogP contribution in [0.1, 0.15) is 35.3 Å². The Bertz CT molecular complexity index is 821. The van der Waals surface area contributed by atoms with Gasteiger partial charge in [-0.3, -0.25) is 9.59 Å². The number of benzene rings is 2. The van der Waals surface area contributed by atoms with Gasteiger partial charge in [-0.1, -0.05) is 30.0 Å². The smallest absolute Gasteiger partial charge is 0.246 e. The Morgan fingerprint density at radius 3 is 2.32 bits per heavy atom. The summed E-state index contributed by atoms with van der Waals surface area (Å²) in [4.78, 5) is 24.0. The Kier molecular flexibility index (Phi) is 3.30. The maximum absolute atomic E-state index is 12.1. The van der Waals surface area contributed by atoms with Crippen molar-refractivity contribution in [1.29, 1.82) is 0 Å². The van der Waals surface area contributed by atoms with E-state index >= 15 is 0 Å². The molecule has 1 aliphatic rings. The van der Waals surface area contributed by atoms with Crippen LogP contribution in [-0.4, -0.2) is 17.2 Å². The Labute approximate surface area is 128 Å². The Morgan fingerprint density at radius 2 is 1.59 bits per heavy atom. The lowest BCUT2D eigenvalue weighted by Crippen LogP contribution is -2.46. The summed E-state index contributed by atoms with van der Waals surface area (Å²) in [6.45, 7) is 3.19. The van der Waals surface area contributed by atoms with Gasteiger partial charge >= 0.3 is 0 Å². The van der Waals surface area contributed by atoms with Crippen LogP contribution in [0.25, 0.3) is 0 Å². The molecule has 0 aliphatic carbocycles. The lowest BCUT2D eigenvalue weighted by Gasteiger charge is -2.29. The summed E-state index contributed by atoms with van der Waals surface area (Å²) >= 11 is 0. The SMILES string of the molecule is CC1(C)Oc2cc(C#Cc3ccccc3)ccc2C(=O)C1=O. The molecular formula is C19H14O3. The second-order valence-electron chi connectivity index (χ2n) is 5.60. The van der Waals surface area contributed by atoms with Crippen LogP contribution in [0.4, 0.5) is 0 Å². The summed E-state index contributed by atoms with van der Waals surface area (Å²) in [6.07, 6.45) is 0. The highest BCUT2D eigenvalue weighted by atomic mass is 16.5. The fraction of sp³-hybridized carbons (Fsp3) is 0.158. The minimum Gasteiger partial charge on any atom is -0.479 e. The van der Waals surface area contributed by atoms with Gasteiger partial charge in [0.05, 0.1) is 5.56 Å². The van der Waals surface area contributed by atoms with Crippen molar-refractivity contribution >= 4 is 11.6 Å². The third-order valence-electron chi connectivity index (χ3n) is 3.47. The average molecular weight is 290 g/mol. The zero-order valence-corrected chi connectivity index (χ0v) is 12.3. The maximum atomic E-state index is 12.1. The summed E-state index contributed by atoms with van der Waals surface area (Å²) in [6, 6.07) is 14.7. The third-order valence-corrected chi connectivity index (χ3v) is 3.47. The van der Waals surface area contributed by atoms with E-state index in [0.717, 1.165) is 11.1 Å². The van der Waals surface area contributed by atoms with Crippen molar-refractivity contribution in [3.8, 4) is 17.6 Å². The fourth-order valence-electron chi connectivity index (χ4n) is 2.25. The van der Waals surface area contributed by atoms with E-state index in [1.54, 1.807) is 32.0 Å². The van der Waals surface area contributed by atoms with Gasteiger partial charge in [-0.2, -0.15) is 0 Å².